The van der Waals surface area contributed by atoms with E-state index in [-0.39, 0.29) is 11.7 Å². The van der Waals surface area contributed by atoms with E-state index >= 15 is 0 Å². The van der Waals surface area contributed by atoms with Crippen LogP contribution in [0, 0.1) is 5.82 Å². The number of benzene rings is 3. The molecule has 4 rings (SSSR count). The summed E-state index contributed by atoms with van der Waals surface area (Å²) in [6, 6.07) is 24.0. The van der Waals surface area contributed by atoms with Crippen LogP contribution in [0.4, 0.5) is 4.39 Å². The summed E-state index contributed by atoms with van der Waals surface area (Å²) in [6.07, 6.45) is 0. The van der Waals surface area contributed by atoms with E-state index in [2.05, 4.69) is 4.99 Å². The van der Waals surface area contributed by atoms with Gasteiger partial charge in [-0.1, -0.05) is 72.0 Å². The summed E-state index contributed by atoms with van der Waals surface area (Å²) >= 11 is 1.33. The van der Waals surface area contributed by atoms with E-state index in [0.29, 0.717) is 11.3 Å². The zero-order chi connectivity index (χ0) is 19.5. The Hall–Kier alpha value is -3.05. The van der Waals surface area contributed by atoms with Crippen LogP contribution in [0.1, 0.15) is 24.0 Å². The largest absolute Gasteiger partial charge is 0.317 e. The van der Waals surface area contributed by atoms with Gasteiger partial charge in [0.05, 0.1) is 16.1 Å². The second-order valence-corrected chi connectivity index (χ2v) is 7.45. The van der Waals surface area contributed by atoms with Gasteiger partial charge in [0.25, 0.3) is 5.91 Å². The Kier molecular flexibility index (Phi) is 5.17. The van der Waals surface area contributed by atoms with Crippen LogP contribution in [0.5, 0.6) is 0 Å². The van der Waals surface area contributed by atoms with Gasteiger partial charge in [-0.15, -0.1) is 0 Å². The number of nitrogens with zero attached hydrogens (tertiary/aromatic N) is 2. The number of thiazole rings is 1. The summed E-state index contributed by atoms with van der Waals surface area (Å²) in [7, 11) is 0. The molecule has 0 unspecified atom stereocenters. The third-order valence-corrected chi connectivity index (χ3v) is 5.72. The predicted octanol–water partition coefficient (Wildman–Crippen LogP) is 5.12. The average Bonchev–Trinajstić information content (AvgIpc) is 3.05. The number of carbonyl (C=O) groups is 1. The van der Waals surface area contributed by atoms with Gasteiger partial charge >= 0.3 is 0 Å². The summed E-state index contributed by atoms with van der Waals surface area (Å²) in [6.45, 7) is 2.64. The zero-order valence-electron chi connectivity index (χ0n) is 15.4. The maximum Gasteiger partial charge on any atom is 0.260 e. The predicted molar refractivity (Wildman–Crippen MR) is 111 cm³/mol. The number of halogens is 1. The van der Waals surface area contributed by atoms with Gasteiger partial charge in [-0.2, -0.15) is 4.99 Å². The molecule has 140 valence electrons. The molecule has 0 aliphatic rings. The number of fused-ring (bicyclic) bond motifs is 1. The summed E-state index contributed by atoms with van der Waals surface area (Å²) in [5.41, 5.74) is 2.69. The first-order valence-corrected chi connectivity index (χ1v) is 9.96. The van der Waals surface area contributed by atoms with Gasteiger partial charge < -0.3 is 4.57 Å². The number of aromatic nitrogens is 1. The number of aryl methyl sites for hydroxylation is 1. The Labute approximate surface area is 166 Å². The molecule has 0 N–H and O–H groups in total. The maximum absolute atomic E-state index is 13.6. The van der Waals surface area contributed by atoms with E-state index in [1.165, 1.54) is 23.5 Å². The third-order valence-electron chi connectivity index (χ3n) is 4.68. The molecular formula is C23H19FN2OS. The van der Waals surface area contributed by atoms with Crippen molar-refractivity contribution in [2.75, 3.05) is 0 Å². The molecule has 0 bridgehead atoms. The molecule has 1 heterocycles. The highest BCUT2D eigenvalue weighted by atomic mass is 32.1. The molecule has 3 nitrogen and oxygen atoms in total. The highest BCUT2D eigenvalue weighted by Gasteiger charge is 2.22. The van der Waals surface area contributed by atoms with Gasteiger partial charge in [-0.3, -0.25) is 4.79 Å². The fourth-order valence-corrected chi connectivity index (χ4v) is 4.49. The lowest BCUT2D eigenvalue weighted by Gasteiger charge is -2.14. The average molecular weight is 390 g/mol. The highest BCUT2D eigenvalue weighted by Crippen LogP contribution is 2.26. The molecule has 3 aromatic carbocycles. The standard InChI is InChI=1S/C23H19FN2OS/c1-2-26-19-14-13-18(24)15-20(19)28-23(26)25-22(27)21(16-9-5-3-6-10-16)17-11-7-4-8-12-17/h3-15,21H,2H2,1H3. The summed E-state index contributed by atoms with van der Waals surface area (Å²) < 4.78 is 16.3. The van der Waals surface area contributed by atoms with Crippen molar-refractivity contribution in [1.82, 2.24) is 4.57 Å². The van der Waals surface area contributed by atoms with Gasteiger partial charge in [0, 0.05) is 6.54 Å². The van der Waals surface area contributed by atoms with Crippen molar-refractivity contribution in [2.24, 2.45) is 4.99 Å². The van der Waals surface area contributed by atoms with E-state index in [0.717, 1.165) is 21.3 Å². The van der Waals surface area contributed by atoms with Crippen molar-refractivity contribution in [3.8, 4) is 0 Å². The molecule has 5 heteroatoms. The van der Waals surface area contributed by atoms with E-state index in [4.69, 9.17) is 0 Å². The normalized spacial score (nSPS) is 12.0. The molecular weight excluding hydrogens is 371 g/mol. The second kappa shape index (κ2) is 7.90. The van der Waals surface area contributed by atoms with Gasteiger partial charge in [-0.05, 0) is 36.2 Å². The van der Waals surface area contributed by atoms with Crippen LogP contribution in [0.2, 0.25) is 0 Å². The third kappa shape index (κ3) is 3.53. The molecule has 0 radical (unpaired) electrons. The Morgan fingerprint density at radius 1 is 1.00 bits per heavy atom. The minimum atomic E-state index is -0.477. The first-order chi connectivity index (χ1) is 13.7. The Balaban J connectivity index is 1.85. The Bertz CT molecular complexity index is 1140. The highest BCUT2D eigenvalue weighted by molar-refractivity contribution is 7.16. The number of amides is 1. The van der Waals surface area contributed by atoms with Crippen LogP contribution in [-0.2, 0) is 11.3 Å². The van der Waals surface area contributed by atoms with Gasteiger partial charge in [0.15, 0.2) is 4.80 Å². The van der Waals surface area contributed by atoms with E-state index in [9.17, 15) is 9.18 Å². The molecule has 1 aromatic heterocycles. The Morgan fingerprint density at radius 2 is 1.61 bits per heavy atom. The molecule has 1 amide bonds. The van der Waals surface area contributed by atoms with Gasteiger partial charge in [-0.25, -0.2) is 4.39 Å². The van der Waals surface area contributed by atoms with E-state index in [1.807, 2.05) is 72.2 Å². The molecule has 0 aliphatic heterocycles. The van der Waals surface area contributed by atoms with Crippen molar-refractivity contribution < 1.29 is 9.18 Å². The smallest absolute Gasteiger partial charge is 0.260 e. The van der Waals surface area contributed by atoms with Crippen LogP contribution in [-0.4, -0.2) is 10.5 Å². The topological polar surface area (TPSA) is 34.4 Å². The maximum atomic E-state index is 13.6. The van der Waals surface area contributed by atoms with Crippen molar-refractivity contribution in [1.29, 1.82) is 0 Å². The van der Waals surface area contributed by atoms with Gasteiger partial charge in [0.1, 0.15) is 5.82 Å². The molecule has 4 aromatic rings. The number of carbonyl (C=O) groups excluding carboxylic acids is 1. The molecule has 0 saturated carbocycles. The van der Waals surface area contributed by atoms with Crippen molar-refractivity contribution in [3.05, 3.63) is 101 Å². The van der Waals surface area contributed by atoms with Crippen molar-refractivity contribution in [2.45, 2.75) is 19.4 Å². The molecule has 28 heavy (non-hydrogen) atoms. The molecule has 0 aliphatic carbocycles. The number of rotatable bonds is 4. The zero-order valence-corrected chi connectivity index (χ0v) is 16.2. The quantitative estimate of drug-likeness (QED) is 0.476. The fraction of sp³-hybridized carbons (Fsp3) is 0.130. The number of hydrogen-bond donors (Lipinski definition) is 0. The second-order valence-electron chi connectivity index (χ2n) is 6.45. The lowest BCUT2D eigenvalue weighted by Crippen LogP contribution is -2.19. The lowest BCUT2D eigenvalue weighted by molar-refractivity contribution is -0.118. The fourth-order valence-electron chi connectivity index (χ4n) is 3.37. The van der Waals surface area contributed by atoms with E-state index in [1.54, 1.807) is 6.07 Å². The first kappa shape index (κ1) is 18.3. The summed E-state index contributed by atoms with van der Waals surface area (Å²) in [4.78, 5) is 18.3. The molecule has 0 spiro atoms. The monoisotopic (exact) mass is 390 g/mol. The minimum Gasteiger partial charge on any atom is -0.317 e. The van der Waals surface area contributed by atoms with E-state index < -0.39 is 5.92 Å². The molecule has 0 fully saturated rings. The minimum absolute atomic E-state index is 0.230. The summed E-state index contributed by atoms with van der Waals surface area (Å²) in [5, 5.41) is 0. The Morgan fingerprint density at radius 3 is 2.18 bits per heavy atom. The van der Waals surface area contributed by atoms with Crippen molar-refractivity contribution >= 4 is 27.5 Å². The van der Waals surface area contributed by atoms with Crippen LogP contribution >= 0.6 is 11.3 Å². The van der Waals surface area contributed by atoms with Crippen LogP contribution < -0.4 is 4.80 Å². The number of hydrogen-bond acceptors (Lipinski definition) is 2. The lowest BCUT2D eigenvalue weighted by atomic mass is 9.91. The summed E-state index contributed by atoms with van der Waals surface area (Å²) in [5.74, 6) is -0.998. The molecule has 0 saturated heterocycles. The van der Waals surface area contributed by atoms with Crippen LogP contribution in [0.25, 0.3) is 10.2 Å². The molecule has 0 atom stereocenters. The van der Waals surface area contributed by atoms with Crippen LogP contribution in [0.3, 0.4) is 0 Å². The first-order valence-electron chi connectivity index (χ1n) is 9.14. The SMILES string of the molecule is CCn1c(=NC(=O)C(c2ccccc2)c2ccccc2)sc2cc(F)ccc21. The van der Waals surface area contributed by atoms with Gasteiger partial charge in [0.2, 0.25) is 0 Å². The van der Waals surface area contributed by atoms with Crippen LogP contribution in [0.15, 0.2) is 83.9 Å². The van der Waals surface area contributed by atoms with Crippen molar-refractivity contribution in [3.63, 3.8) is 0 Å².